The lowest BCUT2D eigenvalue weighted by Crippen LogP contribution is -2.17. The average molecular weight is 385 g/mol. The quantitative estimate of drug-likeness (QED) is 0.744. The Kier molecular flexibility index (Phi) is 4.41. The summed E-state index contributed by atoms with van der Waals surface area (Å²) in [7, 11) is -3.86. The van der Waals surface area contributed by atoms with Crippen LogP contribution >= 0.6 is 11.3 Å². The van der Waals surface area contributed by atoms with Crippen LogP contribution in [0.4, 0.5) is 13.2 Å². The van der Waals surface area contributed by atoms with Crippen molar-refractivity contribution >= 4 is 21.2 Å². The first kappa shape index (κ1) is 18.0. The molecule has 2 aromatic rings. The molecule has 1 atom stereocenters. The summed E-state index contributed by atoms with van der Waals surface area (Å²) in [4.78, 5) is 0.265. The van der Waals surface area contributed by atoms with Gasteiger partial charge in [-0.2, -0.15) is 18.4 Å². The maximum atomic E-state index is 12.9. The zero-order chi connectivity index (χ0) is 18.4. The Morgan fingerprint density at radius 3 is 2.32 bits per heavy atom. The van der Waals surface area contributed by atoms with E-state index in [9.17, 15) is 21.6 Å². The number of nitrogens with zero attached hydrogens (tertiary/aromatic N) is 1. The SMILES string of the molecule is CC(c1ccc(S(=O)(=O)c2sc(C#N)cc2C2CC2)cc1)C(F)(F)F. The highest BCUT2D eigenvalue weighted by Crippen LogP contribution is 2.47. The number of rotatable bonds is 4. The van der Waals surface area contributed by atoms with E-state index in [0.717, 1.165) is 31.1 Å². The lowest BCUT2D eigenvalue weighted by Gasteiger charge is -2.16. The van der Waals surface area contributed by atoms with E-state index in [1.54, 1.807) is 6.07 Å². The van der Waals surface area contributed by atoms with Gasteiger partial charge in [-0.1, -0.05) is 12.1 Å². The van der Waals surface area contributed by atoms with Gasteiger partial charge in [0.1, 0.15) is 15.2 Å². The molecule has 0 amide bonds. The number of benzene rings is 1. The van der Waals surface area contributed by atoms with Gasteiger partial charge in [-0.05, 0) is 55.0 Å². The summed E-state index contributed by atoms with van der Waals surface area (Å²) in [5.41, 5.74) is 0.659. The predicted molar refractivity (Wildman–Crippen MR) is 87.4 cm³/mol. The van der Waals surface area contributed by atoms with Crippen molar-refractivity contribution in [2.24, 2.45) is 0 Å². The first-order valence-electron chi connectivity index (χ1n) is 7.60. The van der Waals surface area contributed by atoms with Gasteiger partial charge in [-0.15, -0.1) is 11.3 Å². The van der Waals surface area contributed by atoms with Crippen LogP contribution in [0.15, 0.2) is 39.4 Å². The molecule has 0 bridgehead atoms. The van der Waals surface area contributed by atoms with Crippen molar-refractivity contribution in [2.45, 2.75) is 46.9 Å². The summed E-state index contributed by atoms with van der Waals surface area (Å²) >= 11 is 0.915. The minimum Gasteiger partial charge on any atom is -0.218 e. The smallest absolute Gasteiger partial charge is 0.218 e. The molecule has 0 saturated heterocycles. The molecule has 1 aliphatic rings. The Bertz CT molecular complexity index is 934. The van der Waals surface area contributed by atoms with E-state index in [-0.39, 0.29) is 20.6 Å². The van der Waals surface area contributed by atoms with Crippen LogP contribution in [-0.2, 0) is 9.84 Å². The highest BCUT2D eigenvalue weighted by molar-refractivity contribution is 7.93. The van der Waals surface area contributed by atoms with Crippen LogP contribution in [-0.4, -0.2) is 14.6 Å². The molecule has 1 fully saturated rings. The van der Waals surface area contributed by atoms with E-state index < -0.39 is 21.9 Å². The van der Waals surface area contributed by atoms with Crippen molar-refractivity contribution in [1.82, 2.24) is 0 Å². The largest absolute Gasteiger partial charge is 0.395 e. The van der Waals surface area contributed by atoms with Gasteiger partial charge in [0.2, 0.25) is 9.84 Å². The monoisotopic (exact) mass is 385 g/mol. The van der Waals surface area contributed by atoms with Gasteiger partial charge in [-0.3, -0.25) is 0 Å². The van der Waals surface area contributed by atoms with E-state index in [1.165, 1.54) is 24.3 Å². The van der Waals surface area contributed by atoms with Crippen LogP contribution in [0, 0.1) is 11.3 Å². The Morgan fingerprint density at radius 2 is 1.84 bits per heavy atom. The molecule has 1 aromatic carbocycles. The van der Waals surface area contributed by atoms with E-state index >= 15 is 0 Å². The Labute approximate surface area is 147 Å². The van der Waals surface area contributed by atoms with E-state index in [0.29, 0.717) is 10.4 Å². The molecule has 1 aliphatic carbocycles. The molecule has 8 heteroatoms. The molecule has 1 unspecified atom stereocenters. The number of hydrogen-bond donors (Lipinski definition) is 0. The molecule has 132 valence electrons. The molecule has 0 spiro atoms. The molecule has 25 heavy (non-hydrogen) atoms. The van der Waals surface area contributed by atoms with Crippen LogP contribution in [0.5, 0.6) is 0 Å². The summed E-state index contributed by atoms with van der Waals surface area (Å²) < 4.78 is 64.2. The second kappa shape index (κ2) is 6.15. The average Bonchev–Trinajstić information content (AvgIpc) is 3.31. The van der Waals surface area contributed by atoms with E-state index in [1.807, 2.05) is 6.07 Å². The van der Waals surface area contributed by atoms with Crippen LogP contribution in [0.2, 0.25) is 0 Å². The molecule has 1 aromatic heterocycles. The highest BCUT2D eigenvalue weighted by atomic mass is 32.2. The summed E-state index contributed by atoms with van der Waals surface area (Å²) in [6.45, 7) is 1.03. The topological polar surface area (TPSA) is 57.9 Å². The third-order valence-corrected chi connectivity index (χ3v) is 7.65. The minimum atomic E-state index is -4.38. The second-order valence-corrected chi connectivity index (χ2v) is 9.27. The molecular weight excluding hydrogens is 371 g/mol. The highest BCUT2D eigenvalue weighted by Gasteiger charge is 2.37. The molecule has 0 radical (unpaired) electrons. The third-order valence-electron chi connectivity index (χ3n) is 4.28. The maximum Gasteiger partial charge on any atom is 0.395 e. The van der Waals surface area contributed by atoms with Crippen molar-refractivity contribution < 1.29 is 21.6 Å². The predicted octanol–water partition coefficient (Wildman–Crippen LogP) is 5.00. The van der Waals surface area contributed by atoms with Crippen molar-refractivity contribution in [3.63, 3.8) is 0 Å². The number of sulfone groups is 1. The van der Waals surface area contributed by atoms with Crippen LogP contribution in [0.1, 0.15) is 47.6 Å². The minimum absolute atomic E-state index is 0.0118. The summed E-state index contributed by atoms with van der Waals surface area (Å²) in [6, 6.07) is 8.37. The van der Waals surface area contributed by atoms with Crippen molar-refractivity contribution in [3.8, 4) is 6.07 Å². The Balaban J connectivity index is 1.99. The molecule has 3 rings (SSSR count). The van der Waals surface area contributed by atoms with E-state index in [2.05, 4.69) is 0 Å². The lowest BCUT2D eigenvalue weighted by molar-refractivity contribution is -0.146. The van der Waals surface area contributed by atoms with Gasteiger partial charge < -0.3 is 0 Å². The van der Waals surface area contributed by atoms with Crippen molar-refractivity contribution in [1.29, 1.82) is 5.26 Å². The first-order chi connectivity index (χ1) is 11.6. The van der Waals surface area contributed by atoms with Gasteiger partial charge in [-0.25, -0.2) is 8.42 Å². The van der Waals surface area contributed by atoms with Gasteiger partial charge >= 0.3 is 6.18 Å². The maximum absolute atomic E-state index is 12.9. The Hall–Kier alpha value is -1.85. The summed E-state index contributed by atoms with van der Waals surface area (Å²) in [6.07, 6.45) is -2.62. The van der Waals surface area contributed by atoms with Crippen LogP contribution < -0.4 is 0 Å². The zero-order valence-corrected chi connectivity index (χ0v) is 14.8. The fourth-order valence-electron chi connectivity index (χ4n) is 2.56. The van der Waals surface area contributed by atoms with Gasteiger partial charge in [0, 0.05) is 0 Å². The second-order valence-electron chi connectivity index (χ2n) is 6.08. The molecule has 0 N–H and O–H groups in total. The third kappa shape index (κ3) is 3.44. The number of nitriles is 1. The first-order valence-corrected chi connectivity index (χ1v) is 9.90. The Morgan fingerprint density at radius 1 is 1.24 bits per heavy atom. The standard InChI is InChI=1S/C17H14F3NO2S2/c1-10(17(18,19)20)11-4-6-14(7-5-11)25(22,23)16-15(12-2-3-12)8-13(9-21)24-16/h4-8,10,12H,2-3H2,1H3. The van der Waals surface area contributed by atoms with Gasteiger partial charge in [0.25, 0.3) is 0 Å². The summed E-state index contributed by atoms with van der Waals surface area (Å²) in [5, 5.41) is 9.05. The molecule has 0 aliphatic heterocycles. The van der Waals surface area contributed by atoms with Crippen molar-refractivity contribution in [3.05, 3.63) is 46.3 Å². The van der Waals surface area contributed by atoms with Gasteiger partial charge in [0.05, 0.1) is 10.8 Å². The molecular formula is C17H14F3NO2S2. The normalized spacial score (nSPS) is 16.4. The summed E-state index contributed by atoms with van der Waals surface area (Å²) in [5.74, 6) is -1.52. The number of halogens is 3. The van der Waals surface area contributed by atoms with Crippen LogP contribution in [0.3, 0.4) is 0 Å². The molecule has 1 heterocycles. The molecule has 3 nitrogen and oxygen atoms in total. The number of alkyl halides is 3. The van der Waals surface area contributed by atoms with Gasteiger partial charge in [0.15, 0.2) is 0 Å². The van der Waals surface area contributed by atoms with Crippen LogP contribution in [0.25, 0.3) is 0 Å². The number of hydrogen-bond acceptors (Lipinski definition) is 4. The molecule has 1 saturated carbocycles. The zero-order valence-electron chi connectivity index (χ0n) is 13.2. The van der Waals surface area contributed by atoms with E-state index in [4.69, 9.17) is 5.26 Å². The fraction of sp³-hybridized carbons (Fsp3) is 0.353. The lowest BCUT2D eigenvalue weighted by atomic mass is 10.0. The number of thiophene rings is 1. The van der Waals surface area contributed by atoms with Crippen molar-refractivity contribution in [2.75, 3.05) is 0 Å². The fourth-order valence-corrected chi connectivity index (χ4v) is 5.58.